The molecule has 0 fully saturated rings. The van der Waals surface area contributed by atoms with E-state index in [9.17, 15) is 9.59 Å². The lowest BCUT2D eigenvalue weighted by Gasteiger charge is -2.12. The van der Waals surface area contributed by atoms with Gasteiger partial charge in [-0.1, -0.05) is 48.5 Å². The van der Waals surface area contributed by atoms with E-state index in [-0.39, 0.29) is 18.1 Å². The van der Waals surface area contributed by atoms with Crippen molar-refractivity contribution in [2.75, 3.05) is 5.32 Å². The zero-order valence-electron chi connectivity index (χ0n) is 17.0. The van der Waals surface area contributed by atoms with Crippen LogP contribution in [0, 0.1) is 6.92 Å². The first-order chi connectivity index (χ1) is 15.1. The SMILES string of the molecule is Cc1cc(=O)[nH]c(-c2cccc(NC(=O)c3ccccc3COc3ccccc3)c2)n1. The van der Waals surface area contributed by atoms with Crippen LogP contribution in [-0.4, -0.2) is 15.9 Å². The van der Waals surface area contributed by atoms with Gasteiger partial charge in [-0.3, -0.25) is 9.59 Å². The van der Waals surface area contributed by atoms with Crippen LogP contribution in [0.5, 0.6) is 5.75 Å². The number of para-hydroxylation sites is 1. The van der Waals surface area contributed by atoms with Crippen LogP contribution in [0.3, 0.4) is 0 Å². The number of anilines is 1. The summed E-state index contributed by atoms with van der Waals surface area (Å²) in [5.74, 6) is 0.956. The summed E-state index contributed by atoms with van der Waals surface area (Å²) in [7, 11) is 0. The highest BCUT2D eigenvalue weighted by molar-refractivity contribution is 6.05. The van der Waals surface area contributed by atoms with E-state index >= 15 is 0 Å². The molecule has 1 aromatic heterocycles. The van der Waals surface area contributed by atoms with Crippen molar-refractivity contribution in [3.05, 3.63) is 112 Å². The summed E-state index contributed by atoms with van der Waals surface area (Å²) in [6.45, 7) is 2.04. The maximum atomic E-state index is 13.0. The van der Waals surface area contributed by atoms with Crippen molar-refractivity contribution in [1.29, 1.82) is 0 Å². The Kier molecular flexibility index (Phi) is 5.89. The van der Waals surface area contributed by atoms with E-state index in [0.29, 0.717) is 28.3 Å². The molecule has 0 radical (unpaired) electrons. The van der Waals surface area contributed by atoms with Gasteiger partial charge >= 0.3 is 0 Å². The van der Waals surface area contributed by atoms with Crippen molar-refractivity contribution in [3.63, 3.8) is 0 Å². The zero-order valence-corrected chi connectivity index (χ0v) is 17.0. The molecule has 0 aliphatic rings. The Balaban J connectivity index is 1.53. The molecule has 0 atom stereocenters. The van der Waals surface area contributed by atoms with Gasteiger partial charge in [0.25, 0.3) is 11.5 Å². The van der Waals surface area contributed by atoms with E-state index in [1.807, 2.05) is 54.6 Å². The van der Waals surface area contributed by atoms with Gasteiger partial charge in [-0.05, 0) is 37.3 Å². The number of aromatic amines is 1. The second kappa shape index (κ2) is 9.09. The Hall–Kier alpha value is -4.19. The van der Waals surface area contributed by atoms with Gasteiger partial charge in [0.1, 0.15) is 18.2 Å². The normalized spacial score (nSPS) is 10.5. The first-order valence-electron chi connectivity index (χ1n) is 9.84. The number of aromatic nitrogens is 2. The van der Waals surface area contributed by atoms with Crippen molar-refractivity contribution < 1.29 is 9.53 Å². The topological polar surface area (TPSA) is 84.1 Å². The second-order valence-electron chi connectivity index (χ2n) is 7.03. The summed E-state index contributed by atoms with van der Waals surface area (Å²) in [6.07, 6.45) is 0. The molecule has 1 heterocycles. The van der Waals surface area contributed by atoms with Gasteiger partial charge in [-0.15, -0.1) is 0 Å². The highest BCUT2D eigenvalue weighted by Crippen LogP contribution is 2.21. The van der Waals surface area contributed by atoms with E-state index < -0.39 is 0 Å². The molecule has 154 valence electrons. The van der Waals surface area contributed by atoms with E-state index in [2.05, 4.69) is 15.3 Å². The number of hydrogen-bond donors (Lipinski definition) is 2. The zero-order chi connectivity index (χ0) is 21.6. The fraction of sp³-hybridized carbons (Fsp3) is 0.0800. The number of nitrogens with zero attached hydrogens (tertiary/aromatic N) is 1. The Morgan fingerprint density at radius 3 is 2.55 bits per heavy atom. The van der Waals surface area contributed by atoms with Crippen molar-refractivity contribution in [3.8, 4) is 17.1 Å². The third-order valence-electron chi connectivity index (χ3n) is 4.66. The average molecular weight is 411 g/mol. The minimum atomic E-state index is -0.241. The smallest absolute Gasteiger partial charge is 0.256 e. The van der Waals surface area contributed by atoms with Crippen LogP contribution in [0.25, 0.3) is 11.4 Å². The lowest BCUT2D eigenvalue weighted by Crippen LogP contribution is -2.15. The number of nitrogens with one attached hydrogen (secondary N) is 2. The predicted octanol–water partition coefficient (Wildman–Crippen LogP) is 4.58. The van der Waals surface area contributed by atoms with Gasteiger partial charge in [0, 0.05) is 34.1 Å². The first kappa shape index (κ1) is 20.1. The Bertz CT molecular complexity index is 1270. The molecule has 0 saturated heterocycles. The molecular weight excluding hydrogens is 390 g/mol. The summed E-state index contributed by atoms with van der Waals surface area (Å²) >= 11 is 0. The summed E-state index contributed by atoms with van der Waals surface area (Å²) in [6, 6.07) is 25.4. The number of aryl methyl sites for hydroxylation is 1. The molecule has 6 heteroatoms. The summed E-state index contributed by atoms with van der Waals surface area (Å²) in [5.41, 5.74) is 3.03. The van der Waals surface area contributed by atoms with E-state index in [4.69, 9.17) is 4.74 Å². The summed E-state index contributed by atoms with van der Waals surface area (Å²) in [4.78, 5) is 31.8. The molecule has 0 unspecified atom stereocenters. The fourth-order valence-electron chi connectivity index (χ4n) is 3.20. The lowest BCUT2D eigenvalue weighted by molar-refractivity contribution is 0.102. The van der Waals surface area contributed by atoms with Crippen molar-refractivity contribution in [1.82, 2.24) is 9.97 Å². The molecule has 2 N–H and O–H groups in total. The number of hydrogen-bond acceptors (Lipinski definition) is 4. The molecule has 31 heavy (non-hydrogen) atoms. The van der Waals surface area contributed by atoms with Crippen LogP contribution in [0.4, 0.5) is 5.69 Å². The second-order valence-corrected chi connectivity index (χ2v) is 7.03. The highest BCUT2D eigenvalue weighted by Gasteiger charge is 2.13. The van der Waals surface area contributed by atoms with Crippen LogP contribution in [0.1, 0.15) is 21.6 Å². The van der Waals surface area contributed by atoms with Crippen molar-refractivity contribution in [2.45, 2.75) is 13.5 Å². The number of H-pyrrole nitrogens is 1. The molecule has 0 bridgehead atoms. The van der Waals surface area contributed by atoms with E-state index in [1.54, 1.807) is 31.2 Å². The summed E-state index contributed by atoms with van der Waals surface area (Å²) < 4.78 is 5.81. The van der Waals surface area contributed by atoms with Crippen LogP contribution >= 0.6 is 0 Å². The number of amides is 1. The standard InChI is InChI=1S/C25H21N3O3/c1-17-14-23(29)28-24(26-17)18-9-7-10-20(15-18)27-25(30)22-13-6-5-8-19(22)16-31-21-11-3-2-4-12-21/h2-15H,16H2,1H3,(H,27,30)(H,26,28,29). The number of benzene rings is 3. The van der Waals surface area contributed by atoms with Crippen molar-refractivity contribution >= 4 is 11.6 Å². The Labute approximate surface area is 179 Å². The van der Waals surface area contributed by atoms with Crippen LogP contribution in [0.15, 0.2) is 89.7 Å². The van der Waals surface area contributed by atoms with Crippen LogP contribution < -0.4 is 15.6 Å². The minimum absolute atomic E-state index is 0.218. The van der Waals surface area contributed by atoms with Crippen molar-refractivity contribution in [2.24, 2.45) is 0 Å². The third kappa shape index (κ3) is 5.05. The monoisotopic (exact) mass is 411 g/mol. The maximum absolute atomic E-state index is 13.0. The number of carbonyl (C=O) groups excluding carboxylic acids is 1. The summed E-state index contributed by atoms with van der Waals surface area (Å²) in [5, 5.41) is 2.92. The Morgan fingerprint density at radius 1 is 0.968 bits per heavy atom. The minimum Gasteiger partial charge on any atom is -0.489 e. The first-order valence-corrected chi connectivity index (χ1v) is 9.84. The molecule has 4 aromatic rings. The average Bonchev–Trinajstić information content (AvgIpc) is 2.78. The molecule has 3 aromatic carbocycles. The van der Waals surface area contributed by atoms with Crippen LogP contribution in [-0.2, 0) is 6.61 Å². The lowest BCUT2D eigenvalue weighted by atomic mass is 10.1. The molecule has 4 rings (SSSR count). The molecule has 0 aliphatic carbocycles. The molecule has 0 spiro atoms. The number of ether oxygens (including phenoxy) is 1. The number of carbonyl (C=O) groups is 1. The van der Waals surface area contributed by atoms with Gasteiger partial charge in [0.15, 0.2) is 0 Å². The molecule has 1 amide bonds. The van der Waals surface area contributed by atoms with Gasteiger partial charge in [-0.25, -0.2) is 4.98 Å². The fourth-order valence-corrected chi connectivity index (χ4v) is 3.20. The van der Waals surface area contributed by atoms with Gasteiger partial charge in [0.2, 0.25) is 0 Å². The molecule has 6 nitrogen and oxygen atoms in total. The molecule has 0 aliphatic heterocycles. The van der Waals surface area contributed by atoms with Gasteiger partial charge < -0.3 is 15.0 Å². The molecular formula is C25H21N3O3. The van der Waals surface area contributed by atoms with Crippen LogP contribution in [0.2, 0.25) is 0 Å². The maximum Gasteiger partial charge on any atom is 0.256 e. The van der Waals surface area contributed by atoms with E-state index in [1.165, 1.54) is 6.07 Å². The Morgan fingerprint density at radius 2 is 1.74 bits per heavy atom. The highest BCUT2D eigenvalue weighted by atomic mass is 16.5. The predicted molar refractivity (Wildman–Crippen MR) is 120 cm³/mol. The quantitative estimate of drug-likeness (QED) is 0.487. The van der Waals surface area contributed by atoms with Gasteiger partial charge in [-0.2, -0.15) is 0 Å². The number of rotatable bonds is 6. The van der Waals surface area contributed by atoms with E-state index in [0.717, 1.165) is 11.3 Å². The third-order valence-corrected chi connectivity index (χ3v) is 4.66. The largest absolute Gasteiger partial charge is 0.489 e. The van der Waals surface area contributed by atoms with Gasteiger partial charge in [0.05, 0.1) is 0 Å². The molecule has 0 saturated carbocycles.